The first kappa shape index (κ1) is 15.3. The van der Waals surface area contributed by atoms with E-state index in [9.17, 15) is 8.42 Å². The van der Waals surface area contributed by atoms with E-state index in [2.05, 4.69) is 28.2 Å². The number of rotatable bonds is 5. The summed E-state index contributed by atoms with van der Waals surface area (Å²) in [5.74, 6) is 1.31. The maximum Gasteiger partial charge on any atom is 0.154 e. The summed E-state index contributed by atoms with van der Waals surface area (Å²) < 4.78 is 23.2. The molecule has 1 aliphatic heterocycles. The van der Waals surface area contributed by atoms with Crippen molar-refractivity contribution < 1.29 is 8.42 Å². The topological polar surface area (TPSA) is 62.3 Å². The van der Waals surface area contributed by atoms with E-state index in [1.807, 2.05) is 19.2 Å². The molecule has 0 spiro atoms. The van der Waals surface area contributed by atoms with Gasteiger partial charge in [0.2, 0.25) is 0 Å². The second-order valence-corrected chi connectivity index (χ2v) is 7.59. The van der Waals surface area contributed by atoms with Crippen LogP contribution in [0.2, 0.25) is 0 Å². The molecule has 2 rings (SSSR count). The van der Waals surface area contributed by atoms with Gasteiger partial charge in [0.15, 0.2) is 9.84 Å². The molecular weight excluding hydrogens is 274 g/mol. The fourth-order valence-electron chi connectivity index (χ4n) is 2.44. The number of aromatic nitrogens is 1. The van der Waals surface area contributed by atoms with Crippen LogP contribution in [0, 0.1) is 0 Å². The van der Waals surface area contributed by atoms with Crippen molar-refractivity contribution in [2.75, 3.05) is 29.5 Å². The lowest BCUT2D eigenvalue weighted by Crippen LogP contribution is -2.47. The minimum absolute atomic E-state index is 0.00897. The maximum absolute atomic E-state index is 11.6. The van der Waals surface area contributed by atoms with Gasteiger partial charge in [-0.05, 0) is 31.5 Å². The van der Waals surface area contributed by atoms with E-state index in [4.69, 9.17) is 0 Å². The largest absolute Gasteiger partial charge is 0.352 e. The normalized spacial score (nSPS) is 21.9. The minimum Gasteiger partial charge on any atom is -0.352 e. The van der Waals surface area contributed by atoms with Gasteiger partial charge in [-0.2, -0.15) is 0 Å². The van der Waals surface area contributed by atoms with Gasteiger partial charge in [-0.3, -0.25) is 0 Å². The molecule has 0 amide bonds. The van der Waals surface area contributed by atoms with Crippen molar-refractivity contribution >= 4 is 15.7 Å². The number of hydrogen-bond donors (Lipinski definition) is 1. The molecule has 5 nitrogen and oxygen atoms in total. The summed E-state index contributed by atoms with van der Waals surface area (Å²) in [6.45, 7) is 6.44. The van der Waals surface area contributed by atoms with Crippen molar-refractivity contribution in [3.05, 3.63) is 23.9 Å². The quantitative estimate of drug-likeness (QED) is 0.828. The van der Waals surface area contributed by atoms with Gasteiger partial charge in [0, 0.05) is 25.3 Å². The van der Waals surface area contributed by atoms with Gasteiger partial charge in [0.1, 0.15) is 5.82 Å². The van der Waals surface area contributed by atoms with Crippen LogP contribution in [-0.2, 0) is 16.4 Å². The molecule has 112 valence electrons. The third-order valence-corrected chi connectivity index (χ3v) is 5.32. The van der Waals surface area contributed by atoms with Crippen molar-refractivity contribution in [3.63, 3.8) is 0 Å². The van der Waals surface area contributed by atoms with Crippen LogP contribution in [0.15, 0.2) is 18.3 Å². The molecule has 0 aliphatic carbocycles. The summed E-state index contributed by atoms with van der Waals surface area (Å²) in [4.78, 5) is 6.54. The van der Waals surface area contributed by atoms with E-state index in [-0.39, 0.29) is 17.5 Å². The standard InChI is InChI=1S/C14H23N3O2S/c1-3-6-15-9-13-4-5-14(16-10-13)17-7-8-20(18,19)11-12(17)2/h4-5,10,12,15H,3,6-9,11H2,1-2H3. The lowest BCUT2D eigenvalue weighted by atomic mass is 10.2. The molecule has 0 bridgehead atoms. The van der Waals surface area contributed by atoms with Crippen LogP contribution >= 0.6 is 0 Å². The molecule has 0 radical (unpaired) electrons. The lowest BCUT2D eigenvalue weighted by molar-refractivity contribution is 0.566. The molecular formula is C14H23N3O2S. The lowest BCUT2D eigenvalue weighted by Gasteiger charge is -2.34. The zero-order chi connectivity index (χ0) is 14.6. The van der Waals surface area contributed by atoms with Gasteiger partial charge in [0.05, 0.1) is 11.5 Å². The monoisotopic (exact) mass is 297 g/mol. The third-order valence-electron chi connectivity index (χ3n) is 3.53. The van der Waals surface area contributed by atoms with E-state index >= 15 is 0 Å². The fraction of sp³-hybridized carbons (Fsp3) is 0.643. The molecule has 1 N–H and O–H groups in total. The molecule has 1 aliphatic rings. The van der Waals surface area contributed by atoms with Crippen LogP contribution in [0.5, 0.6) is 0 Å². The Hall–Kier alpha value is -1.14. The predicted octanol–water partition coefficient (Wildman–Crippen LogP) is 1.20. The zero-order valence-electron chi connectivity index (χ0n) is 12.2. The molecule has 1 fully saturated rings. The second-order valence-electron chi connectivity index (χ2n) is 5.36. The zero-order valence-corrected chi connectivity index (χ0v) is 13.0. The number of nitrogens with zero attached hydrogens (tertiary/aromatic N) is 2. The van der Waals surface area contributed by atoms with Crippen LogP contribution in [-0.4, -0.2) is 44.0 Å². The Morgan fingerprint density at radius 1 is 1.45 bits per heavy atom. The highest BCUT2D eigenvalue weighted by molar-refractivity contribution is 7.91. The Morgan fingerprint density at radius 3 is 2.85 bits per heavy atom. The van der Waals surface area contributed by atoms with Crippen LogP contribution in [0.3, 0.4) is 0 Å². The Bertz CT molecular complexity index is 528. The molecule has 0 aromatic carbocycles. The Labute approximate surface area is 121 Å². The Balaban J connectivity index is 1.99. The molecule has 6 heteroatoms. The van der Waals surface area contributed by atoms with Crippen molar-refractivity contribution in [2.45, 2.75) is 32.9 Å². The van der Waals surface area contributed by atoms with Gasteiger partial charge >= 0.3 is 0 Å². The fourth-order valence-corrected chi connectivity index (χ4v) is 4.00. The summed E-state index contributed by atoms with van der Waals surface area (Å²) in [6, 6.07) is 4.03. The Kier molecular flexibility index (Phi) is 4.99. The van der Waals surface area contributed by atoms with Crippen LogP contribution < -0.4 is 10.2 Å². The van der Waals surface area contributed by atoms with E-state index < -0.39 is 9.84 Å². The molecule has 1 saturated heterocycles. The highest BCUT2D eigenvalue weighted by Crippen LogP contribution is 2.19. The van der Waals surface area contributed by atoms with Crippen molar-refractivity contribution in [1.29, 1.82) is 0 Å². The Morgan fingerprint density at radius 2 is 2.25 bits per heavy atom. The SMILES string of the molecule is CCCNCc1ccc(N2CCS(=O)(=O)CC2C)nc1. The predicted molar refractivity (Wildman–Crippen MR) is 81.7 cm³/mol. The van der Waals surface area contributed by atoms with Crippen molar-refractivity contribution in [1.82, 2.24) is 10.3 Å². The summed E-state index contributed by atoms with van der Waals surface area (Å²) >= 11 is 0. The van der Waals surface area contributed by atoms with Crippen LogP contribution in [0.4, 0.5) is 5.82 Å². The summed E-state index contributed by atoms with van der Waals surface area (Å²) in [5.41, 5.74) is 1.15. The third kappa shape index (κ3) is 3.93. The molecule has 20 heavy (non-hydrogen) atoms. The summed E-state index contributed by atoms with van der Waals surface area (Å²) in [5, 5.41) is 3.34. The average molecular weight is 297 g/mol. The molecule has 2 heterocycles. The first-order chi connectivity index (χ1) is 9.52. The van der Waals surface area contributed by atoms with Gasteiger partial charge in [-0.25, -0.2) is 13.4 Å². The van der Waals surface area contributed by atoms with Gasteiger partial charge in [-0.15, -0.1) is 0 Å². The molecule has 1 aromatic heterocycles. The van der Waals surface area contributed by atoms with Gasteiger partial charge < -0.3 is 10.2 Å². The number of pyridine rings is 1. The van der Waals surface area contributed by atoms with E-state index in [1.165, 1.54) is 0 Å². The van der Waals surface area contributed by atoms with Gasteiger partial charge in [0.25, 0.3) is 0 Å². The smallest absolute Gasteiger partial charge is 0.154 e. The summed E-state index contributed by atoms with van der Waals surface area (Å²) in [7, 11) is -2.88. The maximum atomic E-state index is 11.6. The number of hydrogen-bond acceptors (Lipinski definition) is 5. The van der Waals surface area contributed by atoms with Crippen molar-refractivity contribution in [3.8, 4) is 0 Å². The van der Waals surface area contributed by atoms with E-state index in [1.54, 1.807) is 0 Å². The van der Waals surface area contributed by atoms with Crippen LogP contribution in [0.25, 0.3) is 0 Å². The summed E-state index contributed by atoms with van der Waals surface area (Å²) in [6.07, 6.45) is 2.99. The van der Waals surface area contributed by atoms with Gasteiger partial charge in [-0.1, -0.05) is 13.0 Å². The highest BCUT2D eigenvalue weighted by Gasteiger charge is 2.28. The number of anilines is 1. The highest BCUT2D eigenvalue weighted by atomic mass is 32.2. The molecule has 1 atom stereocenters. The van der Waals surface area contributed by atoms with Crippen molar-refractivity contribution in [2.24, 2.45) is 0 Å². The second kappa shape index (κ2) is 6.54. The number of nitrogens with one attached hydrogen (secondary N) is 1. The first-order valence-electron chi connectivity index (χ1n) is 7.14. The number of sulfone groups is 1. The first-order valence-corrected chi connectivity index (χ1v) is 8.96. The van der Waals surface area contributed by atoms with E-state index in [0.717, 1.165) is 30.9 Å². The average Bonchev–Trinajstić information content (AvgIpc) is 2.39. The molecule has 1 unspecified atom stereocenters. The van der Waals surface area contributed by atoms with Crippen LogP contribution in [0.1, 0.15) is 25.8 Å². The molecule has 0 saturated carbocycles. The minimum atomic E-state index is -2.88. The molecule has 1 aromatic rings. The van der Waals surface area contributed by atoms with E-state index in [0.29, 0.717) is 6.54 Å².